The van der Waals surface area contributed by atoms with Gasteiger partial charge in [0, 0.05) is 12.4 Å². The van der Waals surface area contributed by atoms with Crippen LogP contribution in [0.15, 0.2) is 35.5 Å². The minimum Gasteiger partial charge on any atom is -0.366 e. The van der Waals surface area contributed by atoms with Crippen LogP contribution in [-0.4, -0.2) is 8.42 Å². The van der Waals surface area contributed by atoms with Crippen LogP contribution in [0.2, 0.25) is 0 Å². The van der Waals surface area contributed by atoms with Crippen molar-refractivity contribution in [3.05, 3.63) is 35.5 Å². The standard InChI is InChI=1S/C6H8N2O2S/c7-11(9,10)6-3-1-2-4-8-5-6/h1-5,8H,(H2,7,9,10). The second kappa shape index (κ2) is 2.89. The van der Waals surface area contributed by atoms with Crippen LogP contribution in [0.1, 0.15) is 0 Å². The number of nitrogens with one attached hydrogen (secondary N) is 1. The average molecular weight is 172 g/mol. The number of hydrogen-bond donors (Lipinski definition) is 2. The van der Waals surface area contributed by atoms with Crippen LogP contribution in [0.25, 0.3) is 0 Å². The van der Waals surface area contributed by atoms with Crippen LogP contribution in [-0.2, 0) is 10.0 Å². The lowest BCUT2D eigenvalue weighted by molar-refractivity contribution is 0.604. The number of nitrogens with two attached hydrogens (primary N) is 1. The Balaban J connectivity index is 3.00. The lowest BCUT2D eigenvalue weighted by atomic mass is 10.5. The first-order chi connectivity index (χ1) is 5.11. The number of hydrogen-bond acceptors (Lipinski definition) is 3. The molecule has 1 aliphatic rings. The number of sulfonamides is 1. The third-order valence-corrected chi connectivity index (χ3v) is 2.03. The van der Waals surface area contributed by atoms with Crippen LogP contribution in [0.5, 0.6) is 0 Å². The molecular formula is C6H8N2O2S. The van der Waals surface area contributed by atoms with Gasteiger partial charge < -0.3 is 5.32 Å². The van der Waals surface area contributed by atoms with Crippen molar-refractivity contribution < 1.29 is 8.42 Å². The smallest absolute Gasteiger partial charge is 0.239 e. The minimum atomic E-state index is -3.58. The molecule has 1 aliphatic heterocycles. The van der Waals surface area contributed by atoms with Gasteiger partial charge in [0.1, 0.15) is 0 Å². The maximum absolute atomic E-state index is 10.7. The van der Waals surface area contributed by atoms with Gasteiger partial charge in [0.2, 0.25) is 10.0 Å². The molecule has 0 radical (unpaired) electrons. The van der Waals surface area contributed by atoms with Gasteiger partial charge in [-0.15, -0.1) is 0 Å². The highest BCUT2D eigenvalue weighted by Crippen LogP contribution is 2.03. The SMILES string of the molecule is NS(=O)(=O)C1=CNC=CC=C1. The highest BCUT2D eigenvalue weighted by Gasteiger charge is 2.07. The fraction of sp³-hybridized carbons (Fsp3) is 0. The van der Waals surface area contributed by atoms with Crippen molar-refractivity contribution in [1.29, 1.82) is 0 Å². The highest BCUT2D eigenvalue weighted by atomic mass is 32.2. The Morgan fingerprint density at radius 1 is 1.36 bits per heavy atom. The topological polar surface area (TPSA) is 72.2 Å². The van der Waals surface area contributed by atoms with E-state index >= 15 is 0 Å². The third-order valence-electron chi connectivity index (χ3n) is 1.12. The number of rotatable bonds is 1. The fourth-order valence-electron chi connectivity index (χ4n) is 0.617. The van der Waals surface area contributed by atoms with Gasteiger partial charge in [-0.3, -0.25) is 0 Å². The Morgan fingerprint density at radius 3 is 2.73 bits per heavy atom. The fourth-order valence-corrected chi connectivity index (χ4v) is 1.12. The van der Waals surface area contributed by atoms with Gasteiger partial charge >= 0.3 is 0 Å². The van der Waals surface area contributed by atoms with Gasteiger partial charge in [-0.2, -0.15) is 0 Å². The summed E-state index contributed by atoms with van der Waals surface area (Å²) >= 11 is 0. The average Bonchev–Trinajstić information content (AvgIpc) is 2.10. The number of allylic oxidation sites excluding steroid dienone is 3. The molecular weight excluding hydrogens is 164 g/mol. The monoisotopic (exact) mass is 172 g/mol. The zero-order chi connectivity index (χ0) is 8.32. The summed E-state index contributed by atoms with van der Waals surface area (Å²) in [4.78, 5) is 0.0718. The van der Waals surface area contributed by atoms with Crippen LogP contribution in [0, 0.1) is 0 Å². The van der Waals surface area contributed by atoms with Gasteiger partial charge in [0.05, 0.1) is 4.91 Å². The second-order valence-corrected chi connectivity index (χ2v) is 3.54. The summed E-state index contributed by atoms with van der Waals surface area (Å²) in [7, 11) is -3.58. The quantitative estimate of drug-likeness (QED) is 0.574. The predicted molar refractivity (Wildman–Crippen MR) is 42.6 cm³/mol. The zero-order valence-electron chi connectivity index (χ0n) is 5.69. The summed E-state index contributed by atoms with van der Waals surface area (Å²) < 4.78 is 21.5. The largest absolute Gasteiger partial charge is 0.366 e. The maximum Gasteiger partial charge on any atom is 0.239 e. The molecule has 0 amide bonds. The van der Waals surface area contributed by atoms with Crippen molar-refractivity contribution in [2.75, 3.05) is 0 Å². The predicted octanol–water partition coefficient (Wildman–Crippen LogP) is -0.211. The summed E-state index contributed by atoms with van der Waals surface area (Å²) in [6.07, 6.45) is 7.63. The molecule has 0 unspecified atom stereocenters. The van der Waals surface area contributed by atoms with E-state index in [0.29, 0.717) is 0 Å². The van der Waals surface area contributed by atoms with Gasteiger partial charge in [-0.05, 0) is 12.2 Å². The van der Waals surface area contributed by atoms with Gasteiger partial charge in [0.15, 0.2) is 0 Å². The first-order valence-electron chi connectivity index (χ1n) is 2.93. The Labute approximate surface area is 65.1 Å². The molecule has 0 atom stereocenters. The Hall–Kier alpha value is -1.07. The first kappa shape index (κ1) is 8.03. The Kier molecular flexibility index (Phi) is 2.11. The molecule has 0 saturated carbocycles. The molecule has 0 aromatic rings. The van der Waals surface area contributed by atoms with E-state index in [0.717, 1.165) is 0 Å². The second-order valence-electron chi connectivity index (χ2n) is 1.98. The van der Waals surface area contributed by atoms with Crippen LogP contribution < -0.4 is 10.5 Å². The first-order valence-corrected chi connectivity index (χ1v) is 4.47. The number of primary sulfonamides is 1. The van der Waals surface area contributed by atoms with Gasteiger partial charge in [-0.25, -0.2) is 13.6 Å². The summed E-state index contributed by atoms with van der Waals surface area (Å²) in [5.74, 6) is 0. The van der Waals surface area contributed by atoms with E-state index in [-0.39, 0.29) is 4.91 Å². The molecule has 4 nitrogen and oxygen atoms in total. The summed E-state index contributed by atoms with van der Waals surface area (Å²) in [6, 6.07) is 0. The van der Waals surface area contributed by atoms with Crippen molar-refractivity contribution in [3.63, 3.8) is 0 Å². The van der Waals surface area contributed by atoms with Crippen molar-refractivity contribution in [2.24, 2.45) is 5.14 Å². The van der Waals surface area contributed by atoms with E-state index in [9.17, 15) is 8.42 Å². The Bertz CT molecular complexity index is 324. The highest BCUT2D eigenvalue weighted by molar-refractivity contribution is 7.93. The Morgan fingerprint density at radius 2 is 2.09 bits per heavy atom. The molecule has 0 fully saturated rings. The van der Waals surface area contributed by atoms with Crippen molar-refractivity contribution in [2.45, 2.75) is 0 Å². The van der Waals surface area contributed by atoms with E-state index in [1.807, 2.05) is 0 Å². The molecule has 0 saturated heterocycles. The molecule has 60 valence electrons. The normalized spacial score (nSPS) is 17.0. The van der Waals surface area contributed by atoms with Gasteiger partial charge in [-0.1, -0.05) is 6.08 Å². The van der Waals surface area contributed by atoms with Crippen LogP contribution in [0.3, 0.4) is 0 Å². The van der Waals surface area contributed by atoms with Crippen molar-refractivity contribution >= 4 is 10.0 Å². The lowest BCUT2D eigenvalue weighted by Gasteiger charge is -1.95. The van der Waals surface area contributed by atoms with E-state index in [2.05, 4.69) is 5.32 Å². The summed E-state index contributed by atoms with van der Waals surface area (Å²) in [6.45, 7) is 0. The molecule has 5 heteroatoms. The van der Waals surface area contributed by atoms with E-state index in [4.69, 9.17) is 5.14 Å². The van der Waals surface area contributed by atoms with Crippen LogP contribution in [0.4, 0.5) is 0 Å². The lowest BCUT2D eigenvalue weighted by Crippen LogP contribution is -2.14. The van der Waals surface area contributed by atoms with E-state index in [1.165, 1.54) is 12.3 Å². The zero-order valence-corrected chi connectivity index (χ0v) is 6.51. The summed E-state index contributed by atoms with van der Waals surface area (Å²) in [5, 5.41) is 7.50. The molecule has 3 N–H and O–H groups in total. The molecule has 1 rings (SSSR count). The summed E-state index contributed by atoms with van der Waals surface area (Å²) in [5.41, 5.74) is 0. The minimum absolute atomic E-state index is 0.0718. The molecule has 0 aliphatic carbocycles. The maximum atomic E-state index is 10.7. The van der Waals surface area contributed by atoms with Gasteiger partial charge in [0.25, 0.3) is 0 Å². The van der Waals surface area contributed by atoms with E-state index < -0.39 is 10.0 Å². The molecule has 1 heterocycles. The van der Waals surface area contributed by atoms with Crippen molar-refractivity contribution in [1.82, 2.24) is 5.32 Å². The molecule has 0 aromatic heterocycles. The third kappa shape index (κ3) is 2.21. The molecule has 11 heavy (non-hydrogen) atoms. The van der Waals surface area contributed by atoms with Crippen LogP contribution >= 0.6 is 0 Å². The molecule has 0 spiro atoms. The molecule has 0 bridgehead atoms. The molecule has 0 aromatic carbocycles. The van der Waals surface area contributed by atoms with E-state index in [1.54, 1.807) is 18.4 Å². The van der Waals surface area contributed by atoms with Crippen molar-refractivity contribution in [3.8, 4) is 0 Å².